The third-order valence-corrected chi connectivity index (χ3v) is 4.34. The Morgan fingerprint density at radius 2 is 2.44 bits per heavy atom. The van der Waals surface area contributed by atoms with Crippen LogP contribution in [0.2, 0.25) is 5.32 Å². The van der Waals surface area contributed by atoms with Crippen molar-refractivity contribution in [1.82, 2.24) is 5.32 Å². The van der Waals surface area contributed by atoms with Crippen molar-refractivity contribution in [1.29, 1.82) is 0 Å². The topological polar surface area (TPSA) is 12.0 Å². The van der Waals surface area contributed by atoms with Crippen LogP contribution in [0.1, 0.15) is 20.3 Å². The molecule has 52 valence electrons. The fraction of sp³-hybridized carbons (Fsp3) is 0.714. The van der Waals surface area contributed by atoms with Crippen LogP contribution in [-0.4, -0.2) is 21.5 Å². The van der Waals surface area contributed by atoms with Crippen molar-refractivity contribution >= 4 is 15.0 Å². The van der Waals surface area contributed by atoms with Crippen LogP contribution in [0.3, 0.4) is 0 Å². The van der Waals surface area contributed by atoms with Gasteiger partial charge in [-0.05, 0) is 0 Å². The monoisotopic (exact) mass is 191 g/mol. The van der Waals surface area contributed by atoms with Gasteiger partial charge in [-0.1, -0.05) is 0 Å². The van der Waals surface area contributed by atoms with E-state index in [0.29, 0.717) is 0 Å². The van der Waals surface area contributed by atoms with E-state index < -0.39 is 0 Å². The van der Waals surface area contributed by atoms with Crippen LogP contribution in [-0.2, 0) is 0 Å². The molecule has 0 saturated carbocycles. The average molecular weight is 190 g/mol. The molecular formula is C7H13NSe. The van der Waals surface area contributed by atoms with Gasteiger partial charge in [0.1, 0.15) is 0 Å². The van der Waals surface area contributed by atoms with E-state index in [-0.39, 0.29) is 0 Å². The summed E-state index contributed by atoms with van der Waals surface area (Å²) in [5, 5.41) is 4.76. The molecule has 1 aliphatic heterocycles. The molecule has 1 heterocycles. The van der Waals surface area contributed by atoms with Crippen molar-refractivity contribution in [3.8, 4) is 0 Å². The molecule has 0 aromatic carbocycles. The van der Waals surface area contributed by atoms with E-state index in [1.54, 1.807) is 4.47 Å². The summed E-state index contributed by atoms with van der Waals surface area (Å²) in [6.45, 7) is 5.64. The Kier molecular flexibility index (Phi) is 2.62. The van der Waals surface area contributed by atoms with E-state index in [4.69, 9.17) is 0 Å². The van der Waals surface area contributed by atoms with Crippen molar-refractivity contribution in [2.24, 2.45) is 0 Å². The van der Waals surface area contributed by atoms with Gasteiger partial charge in [-0.15, -0.1) is 0 Å². The second kappa shape index (κ2) is 3.28. The normalized spacial score (nSPS) is 19.8. The molecule has 1 N–H and O–H groups in total. The molecule has 0 amide bonds. The van der Waals surface area contributed by atoms with Gasteiger partial charge in [0.25, 0.3) is 0 Å². The Morgan fingerprint density at radius 3 is 2.89 bits per heavy atom. The fourth-order valence-corrected chi connectivity index (χ4v) is 2.97. The Labute approximate surface area is 63.1 Å². The first-order valence-electron chi connectivity index (χ1n) is 3.41. The van der Waals surface area contributed by atoms with E-state index >= 15 is 0 Å². The van der Waals surface area contributed by atoms with Crippen molar-refractivity contribution in [3.63, 3.8) is 0 Å². The number of rotatable bonds is 1. The molecule has 0 fully saturated rings. The summed E-state index contributed by atoms with van der Waals surface area (Å²) >= 11 is 0.810. The first kappa shape index (κ1) is 7.17. The number of allylic oxidation sites excluding steroid dienone is 2. The van der Waals surface area contributed by atoms with E-state index in [9.17, 15) is 0 Å². The predicted octanol–water partition coefficient (Wildman–Crippen LogP) is 1.35. The third-order valence-electron chi connectivity index (χ3n) is 1.51. The van der Waals surface area contributed by atoms with Crippen molar-refractivity contribution in [2.75, 3.05) is 6.54 Å². The van der Waals surface area contributed by atoms with E-state index in [1.165, 1.54) is 24.0 Å². The average Bonchev–Trinajstić information content (AvgIpc) is 1.89. The minimum absolute atomic E-state index is 0.810. The van der Waals surface area contributed by atoms with Gasteiger partial charge >= 0.3 is 62.6 Å². The van der Waals surface area contributed by atoms with Crippen LogP contribution >= 0.6 is 0 Å². The quantitative estimate of drug-likeness (QED) is 0.615. The Balaban J connectivity index is 2.59. The molecule has 0 aromatic rings. The summed E-state index contributed by atoms with van der Waals surface area (Å²) in [7, 11) is 0. The number of nitrogens with one attached hydrogen (secondary N) is 1. The molecule has 1 rings (SSSR count). The van der Waals surface area contributed by atoms with Gasteiger partial charge in [-0.2, -0.15) is 0 Å². The molecule has 0 radical (unpaired) electrons. The maximum atomic E-state index is 3.38. The summed E-state index contributed by atoms with van der Waals surface area (Å²) in [4.78, 5) is 0. The SMILES string of the molecule is CCC1=C(C)NCC[Se]1. The molecular weight excluding hydrogens is 177 g/mol. The third kappa shape index (κ3) is 1.74. The van der Waals surface area contributed by atoms with E-state index in [0.717, 1.165) is 15.0 Å². The van der Waals surface area contributed by atoms with E-state index in [1.807, 2.05) is 0 Å². The molecule has 0 saturated heterocycles. The molecule has 2 heteroatoms. The van der Waals surface area contributed by atoms with Crippen molar-refractivity contribution < 1.29 is 0 Å². The van der Waals surface area contributed by atoms with Crippen LogP contribution in [0, 0.1) is 0 Å². The first-order chi connectivity index (χ1) is 4.34. The molecule has 0 bridgehead atoms. The summed E-state index contributed by atoms with van der Waals surface area (Å²) < 4.78 is 1.67. The molecule has 1 aliphatic rings. The Morgan fingerprint density at radius 1 is 1.67 bits per heavy atom. The second-order valence-corrected chi connectivity index (χ2v) is 4.67. The standard InChI is InChI=1S/C7H13NSe/c1-3-7-6(2)8-4-5-9-7/h8H,3-5H2,1-2H3. The maximum absolute atomic E-state index is 3.38. The van der Waals surface area contributed by atoms with Gasteiger partial charge in [0, 0.05) is 0 Å². The van der Waals surface area contributed by atoms with Gasteiger partial charge < -0.3 is 0 Å². The summed E-state index contributed by atoms with van der Waals surface area (Å²) in [6.07, 6.45) is 1.25. The Bertz CT molecular complexity index is 129. The number of hydrogen-bond acceptors (Lipinski definition) is 1. The molecule has 0 aliphatic carbocycles. The van der Waals surface area contributed by atoms with Crippen LogP contribution < -0.4 is 5.32 Å². The molecule has 9 heavy (non-hydrogen) atoms. The van der Waals surface area contributed by atoms with Gasteiger partial charge in [0.15, 0.2) is 0 Å². The number of hydrogen-bond donors (Lipinski definition) is 1. The minimum atomic E-state index is 0.810. The van der Waals surface area contributed by atoms with Crippen LogP contribution in [0.5, 0.6) is 0 Å². The molecule has 0 aromatic heterocycles. The van der Waals surface area contributed by atoms with Crippen LogP contribution in [0.25, 0.3) is 0 Å². The van der Waals surface area contributed by atoms with Crippen LogP contribution in [0.15, 0.2) is 10.2 Å². The Hall–Kier alpha value is 0.0595. The summed E-state index contributed by atoms with van der Waals surface area (Å²) in [6, 6.07) is 0. The van der Waals surface area contributed by atoms with Crippen molar-refractivity contribution in [2.45, 2.75) is 25.6 Å². The van der Waals surface area contributed by atoms with Gasteiger partial charge in [0.2, 0.25) is 0 Å². The molecule has 1 nitrogen and oxygen atoms in total. The summed E-state index contributed by atoms with van der Waals surface area (Å²) in [5.41, 5.74) is 1.45. The second-order valence-electron chi connectivity index (χ2n) is 2.18. The van der Waals surface area contributed by atoms with Crippen molar-refractivity contribution in [3.05, 3.63) is 10.2 Å². The predicted molar refractivity (Wildman–Crippen MR) is 41.6 cm³/mol. The van der Waals surface area contributed by atoms with Gasteiger partial charge in [0.05, 0.1) is 0 Å². The van der Waals surface area contributed by atoms with E-state index in [2.05, 4.69) is 19.2 Å². The fourth-order valence-electron chi connectivity index (χ4n) is 0.987. The zero-order chi connectivity index (χ0) is 6.69. The first-order valence-corrected chi connectivity index (χ1v) is 5.47. The summed E-state index contributed by atoms with van der Waals surface area (Å²) in [5.74, 6) is 0. The molecule has 0 atom stereocenters. The molecule has 0 unspecified atom stereocenters. The zero-order valence-corrected chi connectivity index (χ0v) is 7.74. The van der Waals surface area contributed by atoms with Gasteiger partial charge in [-0.25, -0.2) is 0 Å². The van der Waals surface area contributed by atoms with Crippen LogP contribution in [0.4, 0.5) is 0 Å². The zero-order valence-electron chi connectivity index (χ0n) is 6.03. The molecule has 0 spiro atoms. The van der Waals surface area contributed by atoms with Gasteiger partial charge in [-0.3, -0.25) is 0 Å².